The Kier molecular flexibility index (Phi) is 4.38. The largest absolute Gasteiger partial charge is 0.466 e. The molecule has 0 bridgehead atoms. The van der Waals surface area contributed by atoms with Gasteiger partial charge in [0.05, 0.1) is 18.7 Å². The maximum Gasteiger partial charge on any atom is 0.311 e. The van der Waals surface area contributed by atoms with Crippen molar-refractivity contribution in [3.63, 3.8) is 0 Å². The average molecular weight is 360 g/mol. The maximum atomic E-state index is 11.7. The van der Waals surface area contributed by atoms with Gasteiger partial charge in [-0.3, -0.25) is 10.2 Å². The number of fused-ring (bicyclic) bond motifs is 2. The molecule has 136 valence electrons. The van der Waals surface area contributed by atoms with Crippen LogP contribution in [0.15, 0.2) is 71.9 Å². The standard InChI is InChI=1S/C22H20N2O3/c1-2-27-20(25)14-22(26)12-11-19(23-24-22)21-17-9-5-3-7-15(17)13-16-8-4-6-10-18(16)21/h3-13,24,26H,2,14H2,1H3. The van der Waals surface area contributed by atoms with Gasteiger partial charge in [-0.05, 0) is 46.7 Å². The second-order valence-electron chi connectivity index (χ2n) is 6.54. The number of hydrogen-bond acceptors (Lipinski definition) is 5. The van der Waals surface area contributed by atoms with Crippen LogP contribution in [0.4, 0.5) is 0 Å². The van der Waals surface area contributed by atoms with Crippen LogP contribution in [0.5, 0.6) is 0 Å². The number of rotatable bonds is 4. The SMILES string of the molecule is CCOC(=O)CC1(O)C=CC(c2c3ccccc3cc3ccccc23)=NN1. The maximum absolute atomic E-state index is 11.7. The number of benzene rings is 3. The summed E-state index contributed by atoms with van der Waals surface area (Å²) in [7, 11) is 0. The van der Waals surface area contributed by atoms with Crippen molar-refractivity contribution in [3.05, 3.63) is 72.3 Å². The van der Waals surface area contributed by atoms with E-state index in [1.54, 1.807) is 19.1 Å². The summed E-state index contributed by atoms with van der Waals surface area (Å²) in [6.45, 7) is 2.00. The number of allylic oxidation sites excluding steroid dienone is 1. The van der Waals surface area contributed by atoms with Crippen LogP contribution in [0.2, 0.25) is 0 Å². The number of aliphatic hydroxyl groups is 1. The Morgan fingerprint density at radius 1 is 1.11 bits per heavy atom. The minimum atomic E-state index is -1.55. The predicted octanol–water partition coefficient (Wildman–Crippen LogP) is 3.50. The number of nitrogens with one attached hydrogen (secondary N) is 1. The van der Waals surface area contributed by atoms with Crippen LogP contribution in [0.3, 0.4) is 0 Å². The lowest BCUT2D eigenvalue weighted by Gasteiger charge is -2.27. The quantitative estimate of drug-likeness (QED) is 0.552. The molecule has 3 aromatic rings. The Morgan fingerprint density at radius 2 is 1.74 bits per heavy atom. The lowest BCUT2D eigenvalue weighted by atomic mass is 9.93. The fraction of sp³-hybridized carbons (Fsp3) is 0.182. The number of nitrogens with zero attached hydrogens (tertiary/aromatic N) is 1. The van der Waals surface area contributed by atoms with Crippen LogP contribution in [-0.4, -0.2) is 29.1 Å². The highest BCUT2D eigenvalue weighted by molar-refractivity contribution is 6.24. The zero-order valence-corrected chi connectivity index (χ0v) is 15.0. The van der Waals surface area contributed by atoms with Crippen LogP contribution >= 0.6 is 0 Å². The minimum Gasteiger partial charge on any atom is -0.466 e. The lowest BCUT2D eigenvalue weighted by Crippen LogP contribution is -2.45. The summed E-state index contributed by atoms with van der Waals surface area (Å²) in [6, 6.07) is 18.4. The van der Waals surface area contributed by atoms with E-state index in [2.05, 4.69) is 40.9 Å². The van der Waals surface area contributed by atoms with E-state index in [0.29, 0.717) is 5.71 Å². The molecule has 2 N–H and O–H groups in total. The van der Waals surface area contributed by atoms with Crippen molar-refractivity contribution >= 4 is 33.2 Å². The highest BCUT2D eigenvalue weighted by atomic mass is 16.5. The molecule has 4 rings (SSSR count). The first-order valence-corrected chi connectivity index (χ1v) is 8.92. The van der Waals surface area contributed by atoms with Crippen molar-refractivity contribution in [1.82, 2.24) is 5.43 Å². The molecule has 0 fully saturated rings. The van der Waals surface area contributed by atoms with Gasteiger partial charge in [0.2, 0.25) is 0 Å². The third-order valence-electron chi connectivity index (χ3n) is 4.63. The van der Waals surface area contributed by atoms with Crippen LogP contribution in [0, 0.1) is 0 Å². The molecular weight excluding hydrogens is 340 g/mol. The second-order valence-corrected chi connectivity index (χ2v) is 6.54. The van der Waals surface area contributed by atoms with Crippen molar-refractivity contribution < 1.29 is 14.6 Å². The predicted molar refractivity (Wildman–Crippen MR) is 106 cm³/mol. The van der Waals surface area contributed by atoms with E-state index < -0.39 is 11.7 Å². The molecule has 0 spiro atoms. The second kappa shape index (κ2) is 6.85. The summed E-state index contributed by atoms with van der Waals surface area (Å²) in [5, 5.41) is 19.3. The fourth-order valence-electron chi connectivity index (χ4n) is 3.41. The van der Waals surface area contributed by atoms with E-state index in [1.807, 2.05) is 24.3 Å². The van der Waals surface area contributed by atoms with Crippen molar-refractivity contribution in [2.45, 2.75) is 19.1 Å². The molecule has 0 saturated carbocycles. The number of ether oxygens (including phenoxy) is 1. The number of hydrogen-bond donors (Lipinski definition) is 2. The van der Waals surface area contributed by atoms with Crippen molar-refractivity contribution in [3.8, 4) is 0 Å². The van der Waals surface area contributed by atoms with E-state index in [1.165, 1.54) is 0 Å². The third-order valence-corrected chi connectivity index (χ3v) is 4.63. The zero-order valence-electron chi connectivity index (χ0n) is 15.0. The fourth-order valence-corrected chi connectivity index (χ4v) is 3.41. The molecule has 1 aliphatic heterocycles. The van der Waals surface area contributed by atoms with Crippen LogP contribution in [-0.2, 0) is 9.53 Å². The van der Waals surface area contributed by atoms with Crippen LogP contribution < -0.4 is 5.43 Å². The van der Waals surface area contributed by atoms with E-state index in [9.17, 15) is 9.90 Å². The Hall–Kier alpha value is -3.18. The molecular formula is C22H20N2O3. The number of esters is 1. The van der Waals surface area contributed by atoms with Gasteiger partial charge in [-0.1, -0.05) is 48.5 Å². The molecule has 1 unspecified atom stereocenters. The molecule has 1 atom stereocenters. The van der Waals surface area contributed by atoms with Gasteiger partial charge < -0.3 is 9.84 Å². The van der Waals surface area contributed by atoms with Gasteiger partial charge in [0.15, 0.2) is 5.72 Å². The first kappa shape index (κ1) is 17.2. The van der Waals surface area contributed by atoms with Crippen LogP contribution in [0.1, 0.15) is 18.9 Å². The molecule has 0 aromatic heterocycles. The summed E-state index contributed by atoms with van der Waals surface area (Å²) in [6.07, 6.45) is 3.11. The summed E-state index contributed by atoms with van der Waals surface area (Å²) >= 11 is 0. The van der Waals surface area contributed by atoms with Crippen molar-refractivity contribution in [2.24, 2.45) is 5.10 Å². The van der Waals surface area contributed by atoms with Crippen molar-refractivity contribution in [1.29, 1.82) is 0 Å². The van der Waals surface area contributed by atoms with E-state index >= 15 is 0 Å². The molecule has 0 radical (unpaired) electrons. The summed E-state index contributed by atoms with van der Waals surface area (Å²) in [5.74, 6) is -0.480. The van der Waals surface area contributed by atoms with E-state index in [0.717, 1.165) is 27.1 Å². The number of carbonyl (C=O) groups is 1. The molecule has 5 nitrogen and oxygen atoms in total. The topological polar surface area (TPSA) is 70.9 Å². The molecule has 3 aromatic carbocycles. The van der Waals surface area contributed by atoms with Gasteiger partial charge in [0, 0.05) is 5.56 Å². The van der Waals surface area contributed by atoms with Gasteiger partial charge in [0.1, 0.15) is 0 Å². The Morgan fingerprint density at radius 3 is 2.30 bits per heavy atom. The monoisotopic (exact) mass is 360 g/mol. The Balaban J connectivity index is 1.77. The smallest absolute Gasteiger partial charge is 0.311 e. The number of hydrazone groups is 1. The summed E-state index contributed by atoms with van der Waals surface area (Å²) < 4.78 is 4.92. The number of carbonyl (C=O) groups excluding carboxylic acids is 1. The first-order chi connectivity index (χ1) is 13.1. The van der Waals surface area contributed by atoms with Gasteiger partial charge in [-0.25, -0.2) is 0 Å². The van der Waals surface area contributed by atoms with Crippen molar-refractivity contribution in [2.75, 3.05) is 6.61 Å². The molecule has 1 aliphatic rings. The Bertz CT molecular complexity index is 1030. The summed E-state index contributed by atoms with van der Waals surface area (Å²) in [5.41, 5.74) is 2.87. The molecule has 5 heteroatoms. The van der Waals surface area contributed by atoms with Gasteiger partial charge in [-0.15, -0.1) is 0 Å². The summed E-state index contributed by atoms with van der Waals surface area (Å²) in [4.78, 5) is 11.7. The zero-order chi connectivity index (χ0) is 18.9. The third kappa shape index (κ3) is 3.29. The molecule has 0 saturated heterocycles. The molecule has 1 heterocycles. The van der Waals surface area contributed by atoms with E-state index in [4.69, 9.17) is 4.74 Å². The average Bonchev–Trinajstić information content (AvgIpc) is 2.67. The highest BCUT2D eigenvalue weighted by Gasteiger charge is 2.30. The van der Waals surface area contributed by atoms with Crippen LogP contribution in [0.25, 0.3) is 21.5 Å². The first-order valence-electron chi connectivity index (χ1n) is 8.92. The van der Waals surface area contributed by atoms with Gasteiger partial charge in [0.25, 0.3) is 0 Å². The molecule has 27 heavy (non-hydrogen) atoms. The molecule has 0 amide bonds. The minimum absolute atomic E-state index is 0.204. The Labute approximate surface area is 157 Å². The van der Waals surface area contributed by atoms with Gasteiger partial charge in [-0.2, -0.15) is 5.10 Å². The highest BCUT2D eigenvalue weighted by Crippen LogP contribution is 2.30. The normalized spacial score (nSPS) is 19.0. The lowest BCUT2D eigenvalue weighted by molar-refractivity contribution is -0.148. The molecule has 0 aliphatic carbocycles. The van der Waals surface area contributed by atoms with E-state index in [-0.39, 0.29) is 13.0 Å². The van der Waals surface area contributed by atoms with Gasteiger partial charge >= 0.3 is 5.97 Å².